The van der Waals surface area contributed by atoms with Gasteiger partial charge in [0.1, 0.15) is 6.54 Å². The van der Waals surface area contributed by atoms with Gasteiger partial charge in [0.05, 0.1) is 11.4 Å². The third-order valence-electron chi connectivity index (χ3n) is 3.26. The van der Waals surface area contributed by atoms with E-state index in [9.17, 15) is 4.79 Å². The van der Waals surface area contributed by atoms with E-state index in [-0.39, 0.29) is 24.9 Å². The van der Waals surface area contributed by atoms with Gasteiger partial charge < -0.3 is 5.32 Å². The van der Waals surface area contributed by atoms with E-state index in [2.05, 4.69) is 23.3 Å². The first-order valence-electron chi connectivity index (χ1n) is 6.95. The fraction of sp³-hybridized carbons (Fsp3) is 0.176. The van der Waals surface area contributed by atoms with Crippen molar-refractivity contribution in [3.63, 3.8) is 0 Å². The Labute approximate surface area is 140 Å². The van der Waals surface area contributed by atoms with Crippen LogP contribution in [-0.4, -0.2) is 23.9 Å². The first-order chi connectivity index (χ1) is 10.3. The molecule has 0 aliphatic carbocycles. The van der Waals surface area contributed by atoms with Crippen LogP contribution in [-0.2, 0) is 4.79 Å². The highest BCUT2D eigenvalue weighted by molar-refractivity contribution is 7.99. The maximum absolute atomic E-state index is 11.8. The second-order valence-corrected chi connectivity index (χ2v) is 6.06. The van der Waals surface area contributed by atoms with Crippen molar-refractivity contribution in [1.82, 2.24) is 0 Å². The summed E-state index contributed by atoms with van der Waals surface area (Å²) < 4.78 is 0. The summed E-state index contributed by atoms with van der Waals surface area (Å²) in [4.78, 5) is 17.5. The molecule has 1 aliphatic heterocycles. The van der Waals surface area contributed by atoms with E-state index in [0.717, 1.165) is 28.3 Å². The first kappa shape index (κ1) is 16.6. The van der Waals surface area contributed by atoms with Gasteiger partial charge in [-0.25, -0.2) is 0 Å². The Morgan fingerprint density at radius 2 is 1.95 bits per heavy atom. The first-order valence-corrected chi connectivity index (χ1v) is 7.93. The zero-order valence-corrected chi connectivity index (χ0v) is 13.8. The summed E-state index contributed by atoms with van der Waals surface area (Å²) in [6, 6.07) is 16.1. The number of thioether (sulfide) groups is 1. The molecule has 0 aromatic heterocycles. The summed E-state index contributed by atoms with van der Waals surface area (Å²) in [6.45, 7) is 2.29. The number of amides is 1. The largest absolute Gasteiger partial charge is 0.324 e. The Hall–Kier alpha value is -1.78. The molecule has 0 spiro atoms. The Morgan fingerprint density at radius 3 is 2.68 bits per heavy atom. The van der Waals surface area contributed by atoms with Gasteiger partial charge in [0, 0.05) is 16.0 Å². The number of hydrogen-bond donors (Lipinski definition) is 1. The molecule has 1 aliphatic rings. The van der Waals surface area contributed by atoms with Crippen LogP contribution in [0, 0.1) is 0 Å². The molecule has 0 bridgehead atoms. The minimum Gasteiger partial charge on any atom is -0.324 e. The van der Waals surface area contributed by atoms with Crippen LogP contribution in [0.5, 0.6) is 0 Å². The van der Waals surface area contributed by atoms with Gasteiger partial charge in [-0.2, -0.15) is 0 Å². The summed E-state index contributed by atoms with van der Waals surface area (Å²) in [5.74, 6) is 0.946. The van der Waals surface area contributed by atoms with Gasteiger partial charge in [0.15, 0.2) is 0 Å². The molecule has 22 heavy (non-hydrogen) atoms. The second kappa shape index (κ2) is 7.47. The molecule has 5 heteroatoms. The monoisotopic (exact) mass is 332 g/mol. The summed E-state index contributed by atoms with van der Waals surface area (Å²) in [5, 5.41) is 2.93. The van der Waals surface area contributed by atoms with Crippen LogP contribution in [0.3, 0.4) is 0 Å². The molecule has 0 saturated heterocycles. The third-order valence-corrected chi connectivity index (χ3v) is 4.14. The molecule has 3 rings (SSSR count). The number of benzene rings is 2. The molecule has 0 fully saturated rings. The van der Waals surface area contributed by atoms with Crippen molar-refractivity contribution < 1.29 is 4.79 Å². The predicted molar refractivity (Wildman–Crippen MR) is 95.7 cm³/mol. The molecule has 0 radical (unpaired) electrons. The van der Waals surface area contributed by atoms with E-state index >= 15 is 0 Å². The number of carbonyl (C=O) groups is 1. The number of nitrogens with zero attached hydrogens (tertiary/aromatic N) is 1. The van der Waals surface area contributed by atoms with Gasteiger partial charge in [-0.1, -0.05) is 37.3 Å². The molecule has 2 aromatic carbocycles. The smallest absolute Gasteiger partial charge is 0.246 e. The van der Waals surface area contributed by atoms with Crippen LogP contribution in [0.4, 0.5) is 5.69 Å². The SMILES string of the molecule is CCSc1ccc2c(c1)C(c1ccccc1)=NCC(=O)N2.Cl. The van der Waals surface area contributed by atoms with Crippen LogP contribution in [0.25, 0.3) is 0 Å². The number of rotatable bonds is 3. The van der Waals surface area contributed by atoms with Crippen molar-refractivity contribution in [2.24, 2.45) is 4.99 Å². The van der Waals surface area contributed by atoms with Gasteiger partial charge in [0.2, 0.25) is 5.91 Å². The average molecular weight is 333 g/mol. The van der Waals surface area contributed by atoms with Gasteiger partial charge in [0.25, 0.3) is 0 Å². The topological polar surface area (TPSA) is 41.5 Å². The van der Waals surface area contributed by atoms with Gasteiger partial charge in [-0.15, -0.1) is 24.2 Å². The van der Waals surface area contributed by atoms with Crippen LogP contribution in [0.15, 0.2) is 58.4 Å². The van der Waals surface area contributed by atoms with Crippen LogP contribution >= 0.6 is 24.2 Å². The summed E-state index contributed by atoms with van der Waals surface area (Å²) in [5.41, 5.74) is 3.74. The highest BCUT2D eigenvalue weighted by Gasteiger charge is 2.18. The molecule has 0 saturated carbocycles. The number of benzodiazepines with no additional fused rings is 1. The van der Waals surface area contributed by atoms with E-state index in [0.29, 0.717) is 0 Å². The van der Waals surface area contributed by atoms with E-state index in [1.807, 2.05) is 42.5 Å². The van der Waals surface area contributed by atoms with E-state index in [4.69, 9.17) is 0 Å². The minimum atomic E-state index is -0.0712. The maximum Gasteiger partial charge on any atom is 0.246 e. The maximum atomic E-state index is 11.8. The highest BCUT2D eigenvalue weighted by atomic mass is 35.5. The van der Waals surface area contributed by atoms with Crippen molar-refractivity contribution in [3.8, 4) is 0 Å². The lowest BCUT2D eigenvalue weighted by Crippen LogP contribution is -2.13. The van der Waals surface area contributed by atoms with Gasteiger partial charge in [-0.3, -0.25) is 9.79 Å². The molecular weight excluding hydrogens is 316 g/mol. The lowest BCUT2D eigenvalue weighted by atomic mass is 10.0. The van der Waals surface area contributed by atoms with Crippen molar-refractivity contribution in [1.29, 1.82) is 0 Å². The van der Waals surface area contributed by atoms with E-state index < -0.39 is 0 Å². The van der Waals surface area contributed by atoms with E-state index in [1.165, 1.54) is 4.90 Å². The number of nitrogens with one attached hydrogen (secondary N) is 1. The molecule has 0 unspecified atom stereocenters. The number of fused-ring (bicyclic) bond motifs is 1. The molecule has 2 aromatic rings. The van der Waals surface area contributed by atoms with Crippen molar-refractivity contribution >= 4 is 41.5 Å². The highest BCUT2D eigenvalue weighted by Crippen LogP contribution is 2.28. The fourth-order valence-corrected chi connectivity index (χ4v) is 3.05. The number of anilines is 1. The standard InChI is InChI=1S/C17H16N2OS.ClH/c1-2-21-13-8-9-15-14(10-13)17(18-11-16(20)19-15)12-6-4-3-5-7-12;/h3-10H,2,11H2,1H3,(H,19,20);1H. The number of hydrogen-bond acceptors (Lipinski definition) is 3. The van der Waals surface area contributed by atoms with Crippen LogP contribution < -0.4 is 5.32 Å². The van der Waals surface area contributed by atoms with Gasteiger partial charge >= 0.3 is 0 Å². The number of aliphatic imine (C=N–C) groups is 1. The summed E-state index contributed by atoms with van der Waals surface area (Å²) in [6.07, 6.45) is 0. The summed E-state index contributed by atoms with van der Waals surface area (Å²) in [7, 11) is 0. The number of carbonyl (C=O) groups excluding carboxylic acids is 1. The van der Waals surface area contributed by atoms with Crippen molar-refractivity contribution in [2.75, 3.05) is 17.6 Å². The molecule has 3 nitrogen and oxygen atoms in total. The van der Waals surface area contributed by atoms with Crippen LogP contribution in [0.2, 0.25) is 0 Å². The molecule has 114 valence electrons. The fourth-order valence-electron chi connectivity index (χ4n) is 2.35. The predicted octanol–water partition coefficient (Wildman–Crippen LogP) is 4.01. The van der Waals surface area contributed by atoms with Gasteiger partial charge in [-0.05, 0) is 24.0 Å². The van der Waals surface area contributed by atoms with Crippen molar-refractivity contribution in [2.45, 2.75) is 11.8 Å². The molecule has 1 N–H and O–H groups in total. The minimum absolute atomic E-state index is 0. The average Bonchev–Trinajstić information content (AvgIpc) is 2.67. The van der Waals surface area contributed by atoms with E-state index in [1.54, 1.807) is 11.8 Å². The zero-order chi connectivity index (χ0) is 14.7. The quantitative estimate of drug-likeness (QED) is 0.863. The Balaban J connectivity index is 0.00000176. The molecule has 1 amide bonds. The Morgan fingerprint density at radius 1 is 1.18 bits per heavy atom. The Kier molecular flexibility index (Phi) is 5.63. The molecular formula is C17H17ClN2OS. The van der Waals surface area contributed by atoms with Crippen molar-refractivity contribution in [3.05, 3.63) is 59.7 Å². The zero-order valence-electron chi connectivity index (χ0n) is 12.2. The third kappa shape index (κ3) is 3.51. The second-order valence-electron chi connectivity index (χ2n) is 4.72. The lowest BCUT2D eigenvalue weighted by molar-refractivity contribution is -0.114. The normalized spacial score (nSPS) is 13.3. The summed E-state index contributed by atoms with van der Waals surface area (Å²) >= 11 is 1.79. The molecule has 0 atom stereocenters. The lowest BCUT2D eigenvalue weighted by Gasteiger charge is -2.11. The Bertz CT molecular complexity index is 701. The van der Waals surface area contributed by atoms with Crippen LogP contribution in [0.1, 0.15) is 18.1 Å². The number of halogens is 1. The molecule has 1 heterocycles.